The normalized spacial score (nSPS) is 10.0. The summed E-state index contributed by atoms with van der Waals surface area (Å²) < 4.78 is 0. The molecule has 0 aliphatic rings. The lowest BCUT2D eigenvalue weighted by Crippen LogP contribution is -2.15. The number of anilines is 3. The van der Waals surface area contributed by atoms with Crippen LogP contribution in [0.2, 0.25) is 0 Å². The maximum Gasteiger partial charge on any atom is 0.228 e. The number of hydrogen-bond donors (Lipinski definition) is 3. The highest BCUT2D eigenvalue weighted by atomic mass is 16.1. The predicted octanol–water partition coefficient (Wildman–Crippen LogP) is 1.43. The van der Waals surface area contributed by atoms with E-state index in [0.717, 1.165) is 5.56 Å². The SMILES string of the molecule is Nc1ccc(CC(=O)Nc2cccnc2)c(N)c1. The van der Waals surface area contributed by atoms with Crippen LogP contribution in [0.5, 0.6) is 0 Å². The van der Waals surface area contributed by atoms with Crippen LogP contribution in [0, 0.1) is 0 Å². The van der Waals surface area contributed by atoms with Crippen molar-refractivity contribution in [3.8, 4) is 0 Å². The fourth-order valence-corrected chi connectivity index (χ4v) is 1.59. The number of nitrogens with two attached hydrogens (primary N) is 2. The molecule has 0 atom stereocenters. The highest BCUT2D eigenvalue weighted by Gasteiger charge is 2.07. The average molecular weight is 242 g/mol. The summed E-state index contributed by atoms with van der Waals surface area (Å²) in [6.45, 7) is 0. The van der Waals surface area contributed by atoms with Gasteiger partial charge in [0.1, 0.15) is 0 Å². The molecule has 0 aliphatic heterocycles. The van der Waals surface area contributed by atoms with Gasteiger partial charge in [0.05, 0.1) is 18.3 Å². The van der Waals surface area contributed by atoms with Crippen LogP contribution >= 0.6 is 0 Å². The van der Waals surface area contributed by atoms with Crippen LogP contribution in [0.3, 0.4) is 0 Å². The summed E-state index contributed by atoms with van der Waals surface area (Å²) in [5.41, 5.74) is 13.9. The van der Waals surface area contributed by atoms with Crippen LogP contribution < -0.4 is 16.8 Å². The summed E-state index contributed by atoms with van der Waals surface area (Å²) >= 11 is 0. The number of amides is 1. The number of nitrogens with one attached hydrogen (secondary N) is 1. The second kappa shape index (κ2) is 5.18. The molecule has 5 heteroatoms. The van der Waals surface area contributed by atoms with Gasteiger partial charge in [-0.15, -0.1) is 0 Å². The van der Waals surface area contributed by atoms with Gasteiger partial charge >= 0.3 is 0 Å². The van der Waals surface area contributed by atoms with Crippen LogP contribution in [-0.2, 0) is 11.2 Å². The van der Waals surface area contributed by atoms with Gasteiger partial charge in [-0.1, -0.05) is 6.07 Å². The number of carbonyl (C=O) groups excluding carboxylic acids is 1. The minimum Gasteiger partial charge on any atom is -0.399 e. The Morgan fingerprint density at radius 1 is 1.28 bits per heavy atom. The van der Waals surface area contributed by atoms with Gasteiger partial charge in [0.25, 0.3) is 0 Å². The van der Waals surface area contributed by atoms with Crippen LogP contribution in [0.4, 0.5) is 17.1 Å². The quantitative estimate of drug-likeness (QED) is 0.709. The highest BCUT2D eigenvalue weighted by Crippen LogP contribution is 2.16. The van der Waals surface area contributed by atoms with E-state index in [0.29, 0.717) is 17.1 Å². The van der Waals surface area contributed by atoms with Gasteiger partial charge in [0.15, 0.2) is 0 Å². The molecule has 2 aromatic rings. The summed E-state index contributed by atoms with van der Waals surface area (Å²) in [6, 6.07) is 8.66. The summed E-state index contributed by atoms with van der Waals surface area (Å²) in [7, 11) is 0. The van der Waals surface area contributed by atoms with Crippen LogP contribution in [0.25, 0.3) is 0 Å². The van der Waals surface area contributed by atoms with Gasteiger partial charge in [-0.25, -0.2) is 0 Å². The Kier molecular flexibility index (Phi) is 3.43. The number of rotatable bonds is 3. The van der Waals surface area contributed by atoms with E-state index in [1.165, 1.54) is 0 Å². The first-order valence-electron chi connectivity index (χ1n) is 5.49. The van der Waals surface area contributed by atoms with Gasteiger partial charge in [-0.3, -0.25) is 9.78 Å². The Labute approximate surface area is 105 Å². The van der Waals surface area contributed by atoms with Crippen molar-refractivity contribution < 1.29 is 4.79 Å². The number of nitrogen functional groups attached to an aromatic ring is 2. The number of carbonyl (C=O) groups is 1. The van der Waals surface area contributed by atoms with Gasteiger partial charge in [0, 0.05) is 17.6 Å². The molecule has 0 radical (unpaired) electrons. The summed E-state index contributed by atoms with van der Waals surface area (Å²) in [4.78, 5) is 15.7. The Hall–Kier alpha value is -2.56. The third kappa shape index (κ3) is 2.98. The van der Waals surface area contributed by atoms with Crippen molar-refractivity contribution >= 4 is 23.0 Å². The first kappa shape index (κ1) is 11.9. The van der Waals surface area contributed by atoms with Crippen LogP contribution in [0.1, 0.15) is 5.56 Å². The molecule has 1 amide bonds. The monoisotopic (exact) mass is 242 g/mol. The molecule has 0 spiro atoms. The summed E-state index contributed by atoms with van der Waals surface area (Å²) in [5, 5.41) is 2.74. The number of nitrogens with zero attached hydrogens (tertiary/aromatic N) is 1. The van der Waals surface area contributed by atoms with Crippen LogP contribution in [-0.4, -0.2) is 10.9 Å². The standard InChI is InChI=1S/C13H14N4O/c14-10-4-3-9(12(15)7-10)6-13(18)17-11-2-1-5-16-8-11/h1-5,7-8H,6,14-15H2,(H,17,18). The third-order valence-electron chi connectivity index (χ3n) is 2.47. The highest BCUT2D eigenvalue weighted by molar-refractivity contribution is 5.92. The van der Waals surface area contributed by atoms with Crippen molar-refractivity contribution in [2.75, 3.05) is 16.8 Å². The topological polar surface area (TPSA) is 94.0 Å². The second-order valence-corrected chi connectivity index (χ2v) is 3.92. The number of aromatic nitrogens is 1. The fraction of sp³-hybridized carbons (Fsp3) is 0.0769. The number of pyridine rings is 1. The van der Waals surface area contributed by atoms with Crippen molar-refractivity contribution in [3.63, 3.8) is 0 Å². The molecular weight excluding hydrogens is 228 g/mol. The molecule has 0 fully saturated rings. The Morgan fingerprint density at radius 3 is 2.78 bits per heavy atom. The molecule has 0 unspecified atom stereocenters. The molecule has 2 rings (SSSR count). The van der Waals surface area contributed by atoms with Gasteiger partial charge in [-0.2, -0.15) is 0 Å². The first-order valence-corrected chi connectivity index (χ1v) is 5.49. The molecular formula is C13H14N4O. The molecule has 1 aromatic heterocycles. The van der Waals surface area contributed by atoms with E-state index in [4.69, 9.17) is 11.5 Å². The van der Waals surface area contributed by atoms with E-state index in [1.54, 1.807) is 42.7 Å². The third-order valence-corrected chi connectivity index (χ3v) is 2.47. The van der Waals surface area contributed by atoms with Crippen molar-refractivity contribution in [1.29, 1.82) is 0 Å². The van der Waals surface area contributed by atoms with Crippen molar-refractivity contribution in [3.05, 3.63) is 48.3 Å². The molecule has 1 aromatic carbocycles. The zero-order valence-electron chi connectivity index (χ0n) is 9.76. The van der Waals surface area contributed by atoms with Crippen molar-refractivity contribution in [1.82, 2.24) is 4.98 Å². The lowest BCUT2D eigenvalue weighted by atomic mass is 10.1. The summed E-state index contributed by atoms with van der Waals surface area (Å²) in [6.07, 6.45) is 3.44. The largest absolute Gasteiger partial charge is 0.399 e. The lowest BCUT2D eigenvalue weighted by Gasteiger charge is -2.07. The maximum atomic E-state index is 11.8. The van der Waals surface area contributed by atoms with E-state index >= 15 is 0 Å². The molecule has 0 aliphatic carbocycles. The molecule has 1 heterocycles. The minimum atomic E-state index is -0.139. The Balaban J connectivity index is 2.03. The Bertz CT molecular complexity index is 554. The molecule has 5 N–H and O–H groups in total. The van der Waals surface area contributed by atoms with E-state index in [-0.39, 0.29) is 12.3 Å². The van der Waals surface area contributed by atoms with Crippen molar-refractivity contribution in [2.24, 2.45) is 0 Å². The number of benzene rings is 1. The Morgan fingerprint density at radius 2 is 2.11 bits per heavy atom. The van der Waals surface area contributed by atoms with Gasteiger partial charge < -0.3 is 16.8 Å². The van der Waals surface area contributed by atoms with E-state index < -0.39 is 0 Å². The molecule has 0 bridgehead atoms. The smallest absolute Gasteiger partial charge is 0.228 e. The lowest BCUT2D eigenvalue weighted by molar-refractivity contribution is -0.115. The van der Waals surface area contributed by atoms with Gasteiger partial charge in [0.2, 0.25) is 5.91 Å². The molecule has 5 nitrogen and oxygen atoms in total. The average Bonchev–Trinajstić information content (AvgIpc) is 2.34. The van der Waals surface area contributed by atoms with E-state index in [9.17, 15) is 4.79 Å². The summed E-state index contributed by atoms with van der Waals surface area (Å²) in [5.74, 6) is -0.139. The number of hydrogen-bond acceptors (Lipinski definition) is 4. The van der Waals surface area contributed by atoms with E-state index in [1.807, 2.05) is 0 Å². The second-order valence-electron chi connectivity index (χ2n) is 3.92. The van der Waals surface area contributed by atoms with Crippen molar-refractivity contribution in [2.45, 2.75) is 6.42 Å². The van der Waals surface area contributed by atoms with Crippen LogP contribution in [0.15, 0.2) is 42.7 Å². The molecule has 0 saturated carbocycles. The van der Waals surface area contributed by atoms with E-state index in [2.05, 4.69) is 10.3 Å². The molecule has 92 valence electrons. The van der Waals surface area contributed by atoms with Gasteiger partial charge in [-0.05, 0) is 29.8 Å². The minimum absolute atomic E-state index is 0.139. The first-order chi connectivity index (χ1) is 8.65. The maximum absolute atomic E-state index is 11.8. The molecule has 0 saturated heterocycles. The molecule has 18 heavy (non-hydrogen) atoms. The predicted molar refractivity (Wildman–Crippen MR) is 71.8 cm³/mol. The zero-order valence-corrected chi connectivity index (χ0v) is 9.76. The fourth-order valence-electron chi connectivity index (χ4n) is 1.59. The zero-order chi connectivity index (χ0) is 13.0.